The summed E-state index contributed by atoms with van der Waals surface area (Å²) < 4.78 is 0. The van der Waals surface area contributed by atoms with E-state index in [9.17, 15) is 0 Å². The zero-order valence-corrected chi connectivity index (χ0v) is 10.8. The van der Waals surface area contributed by atoms with Crippen molar-refractivity contribution < 1.29 is 0 Å². The van der Waals surface area contributed by atoms with E-state index in [0.29, 0.717) is 5.92 Å². The number of rotatable bonds is 5. The van der Waals surface area contributed by atoms with Crippen LogP contribution in [0.5, 0.6) is 0 Å². The van der Waals surface area contributed by atoms with Crippen molar-refractivity contribution in [3.05, 3.63) is 73.3 Å². The molecule has 1 heterocycles. The Morgan fingerprint density at radius 2 is 1.71 bits per heavy atom. The molecule has 1 nitrogen and oxygen atoms in total. The molecule has 17 heavy (non-hydrogen) atoms. The van der Waals surface area contributed by atoms with E-state index in [1.54, 1.807) is 0 Å². The van der Waals surface area contributed by atoms with Gasteiger partial charge in [-0.15, -0.1) is 0 Å². The third-order valence-electron chi connectivity index (χ3n) is 2.96. The van der Waals surface area contributed by atoms with Crippen molar-refractivity contribution in [3.63, 3.8) is 0 Å². The monoisotopic (exact) mass is 227 g/mol. The van der Waals surface area contributed by atoms with Crippen LogP contribution in [0.4, 0.5) is 0 Å². The minimum Gasteiger partial charge on any atom is -0.324 e. The highest BCUT2D eigenvalue weighted by Crippen LogP contribution is 2.23. The second-order valence-electron chi connectivity index (χ2n) is 4.03. The quantitative estimate of drug-likeness (QED) is 0.622. The van der Waals surface area contributed by atoms with Gasteiger partial charge in [0.2, 0.25) is 0 Å². The number of hydrogen-bond acceptors (Lipinski definition) is 1. The van der Waals surface area contributed by atoms with E-state index in [0.717, 1.165) is 12.1 Å². The third-order valence-corrected chi connectivity index (χ3v) is 2.96. The SMILES string of the molecule is C=C/C(=C(\C=C)N1C=CC=CC=C1)C(C)CC. The minimum absolute atomic E-state index is 0.485. The van der Waals surface area contributed by atoms with Gasteiger partial charge in [0.25, 0.3) is 0 Å². The van der Waals surface area contributed by atoms with Gasteiger partial charge in [-0.25, -0.2) is 0 Å². The smallest absolute Gasteiger partial charge is 0.0477 e. The Morgan fingerprint density at radius 3 is 2.12 bits per heavy atom. The van der Waals surface area contributed by atoms with Crippen molar-refractivity contribution >= 4 is 0 Å². The molecule has 0 aromatic carbocycles. The zero-order chi connectivity index (χ0) is 12.7. The summed E-state index contributed by atoms with van der Waals surface area (Å²) in [6, 6.07) is 0. The van der Waals surface area contributed by atoms with Gasteiger partial charge in [0.1, 0.15) is 0 Å². The van der Waals surface area contributed by atoms with Gasteiger partial charge in [-0.2, -0.15) is 0 Å². The van der Waals surface area contributed by atoms with Crippen LogP contribution in [0.2, 0.25) is 0 Å². The van der Waals surface area contributed by atoms with Gasteiger partial charge in [-0.3, -0.25) is 0 Å². The van der Waals surface area contributed by atoms with Crippen molar-refractivity contribution in [3.8, 4) is 0 Å². The molecule has 0 saturated heterocycles. The van der Waals surface area contributed by atoms with Gasteiger partial charge in [0.15, 0.2) is 0 Å². The number of allylic oxidation sites excluding steroid dienone is 7. The van der Waals surface area contributed by atoms with Gasteiger partial charge in [0, 0.05) is 18.1 Å². The first-order valence-electron chi connectivity index (χ1n) is 6.03. The van der Waals surface area contributed by atoms with Gasteiger partial charge in [-0.05, 0) is 36.1 Å². The average molecular weight is 227 g/mol. The summed E-state index contributed by atoms with van der Waals surface area (Å²) in [5, 5.41) is 0. The third kappa shape index (κ3) is 3.35. The summed E-state index contributed by atoms with van der Waals surface area (Å²) in [5.74, 6) is 0.485. The van der Waals surface area contributed by atoms with E-state index in [2.05, 4.69) is 31.9 Å². The zero-order valence-electron chi connectivity index (χ0n) is 10.8. The lowest BCUT2D eigenvalue weighted by Gasteiger charge is -2.22. The van der Waals surface area contributed by atoms with Crippen LogP contribution in [0.15, 0.2) is 73.3 Å². The predicted octanol–water partition coefficient (Wildman–Crippen LogP) is 4.56. The maximum atomic E-state index is 3.92. The maximum absolute atomic E-state index is 3.92. The summed E-state index contributed by atoms with van der Waals surface area (Å²) in [6.45, 7) is 12.2. The molecular formula is C16H21N. The number of nitrogens with zero attached hydrogens (tertiary/aromatic N) is 1. The standard InChI is InChI=1S/C16H21N/c1-5-14(4)15(6-2)16(7-3)17-12-10-8-9-11-13-17/h6-14H,2-3,5H2,1,4H3/b16-15-. The van der Waals surface area contributed by atoms with Crippen LogP contribution >= 0.6 is 0 Å². The molecule has 0 bridgehead atoms. The minimum atomic E-state index is 0.485. The van der Waals surface area contributed by atoms with E-state index >= 15 is 0 Å². The molecule has 0 spiro atoms. The summed E-state index contributed by atoms with van der Waals surface area (Å²) in [4.78, 5) is 2.08. The summed E-state index contributed by atoms with van der Waals surface area (Å²) in [6.07, 6.45) is 17.0. The average Bonchev–Trinajstić information content (AvgIpc) is 2.63. The fourth-order valence-electron chi connectivity index (χ4n) is 1.77. The van der Waals surface area contributed by atoms with Crippen LogP contribution in [0.25, 0.3) is 0 Å². The molecule has 0 radical (unpaired) electrons. The molecule has 0 fully saturated rings. The van der Waals surface area contributed by atoms with E-state index < -0.39 is 0 Å². The van der Waals surface area contributed by atoms with E-state index in [-0.39, 0.29) is 0 Å². The maximum Gasteiger partial charge on any atom is 0.0477 e. The molecule has 1 heteroatoms. The first-order valence-corrected chi connectivity index (χ1v) is 6.03. The fraction of sp³-hybridized carbons (Fsp3) is 0.250. The fourth-order valence-corrected chi connectivity index (χ4v) is 1.77. The van der Waals surface area contributed by atoms with Gasteiger partial charge < -0.3 is 4.90 Å². The molecule has 90 valence electrons. The lowest BCUT2D eigenvalue weighted by Crippen LogP contribution is -2.12. The van der Waals surface area contributed by atoms with Crippen molar-refractivity contribution in [1.29, 1.82) is 0 Å². The second kappa shape index (κ2) is 6.74. The second-order valence-corrected chi connectivity index (χ2v) is 4.03. The van der Waals surface area contributed by atoms with Crippen molar-refractivity contribution in [1.82, 2.24) is 4.90 Å². The first kappa shape index (κ1) is 13.3. The Kier molecular flexibility index (Phi) is 5.28. The molecule has 0 N–H and O–H groups in total. The van der Waals surface area contributed by atoms with Crippen molar-refractivity contribution in [2.45, 2.75) is 20.3 Å². The molecule has 0 aromatic heterocycles. The topological polar surface area (TPSA) is 3.24 Å². The Bertz CT molecular complexity index is 378. The highest BCUT2D eigenvalue weighted by molar-refractivity contribution is 5.36. The molecule has 0 aliphatic carbocycles. The van der Waals surface area contributed by atoms with Crippen LogP contribution in [-0.2, 0) is 0 Å². The van der Waals surface area contributed by atoms with Crippen LogP contribution in [-0.4, -0.2) is 4.90 Å². The summed E-state index contributed by atoms with van der Waals surface area (Å²) in [5.41, 5.74) is 2.34. The van der Waals surface area contributed by atoms with Crippen LogP contribution in [0.3, 0.4) is 0 Å². The van der Waals surface area contributed by atoms with Crippen LogP contribution < -0.4 is 0 Å². The molecule has 1 unspecified atom stereocenters. The van der Waals surface area contributed by atoms with E-state index in [1.165, 1.54) is 5.57 Å². The Balaban J connectivity index is 3.15. The summed E-state index contributed by atoms with van der Waals surface area (Å²) in [7, 11) is 0. The molecule has 1 rings (SSSR count). The highest BCUT2D eigenvalue weighted by Gasteiger charge is 2.11. The number of hydrogen-bond donors (Lipinski definition) is 0. The molecule has 0 saturated carbocycles. The lowest BCUT2D eigenvalue weighted by molar-refractivity contribution is 0.598. The first-order chi connectivity index (χ1) is 8.24. The van der Waals surface area contributed by atoms with Crippen molar-refractivity contribution in [2.75, 3.05) is 0 Å². The molecule has 1 aliphatic rings. The van der Waals surface area contributed by atoms with Crippen molar-refractivity contribution in [2.24, 2.45) is 5.92 Å². The molecule has 1 atom stereocenters. The summed E-state index contributed by atoms with van der Waals surface area (Å²) >= 11 is 0. The van der Waals surface area contributed by atoms with Gasteiger partial charge >= 0.3 is 0 Å². The van der Waals surface area contributed by atoms with Crippen LogP contribution in [0.1, 0.15) is 20.3 Å². The molecule has 0 amide bonds. The largest absolute Gasteiger partial charge is 0.324 e. The lowest BCUT2D eigenvalue weighted by atomic mass is 9.96. The normalized spacial score (nSPS) is 17.4. The highest BCUT2D eigenvalue weighted by atomic mass is 15.1. The Labute approximate surface area is 105 Å². The molecular weight excluding hydrogens is 206 g/mol. The van der Waals surface area contributed by atoms with Gasteiger partial charge in [-0.1, -0.05) is 45.2 Å². The molecule has 1 aliphatic heterocycles. The van der Waals surface area contributed by atoms with Gasteiger partial charge in [0.05, 0.1) is 0 Å². The Morgan fingerprint density at radius 1 is 1.12 bits per heavy atom. The molecule has 0 aromatic rings. The Hall–Kier alpha value is -1.76. The van der Waals surface area contributed by atoms with Crippen LogP contribution in [0, 0.1) is 5.92 Å². The van der Waals surface area contributed by atoms with E-state index in [1.807, 2.05) is 48.9 Å². The predicted molar refractivity (Wildman–Crippen MR) is 76.1 cm³/mol. The van der Waals surface area contributed by atoms with E-state index in [4.69, 9.17) is 0 Å².